The van der Waals surface area contributed by atoms with E-state index in [1.807, 2.05) is 0 Å². The molecular formula is C14H21ClN2O4S. The SMILES string of the molecule is CS(=O)(=O)c1ccc(OCCC(=O)NC2CCNC2)cc1.Cl. The first-order valence-electron chi connectivity index (χ1n) is 6.88. The molecule has 0 spiro atoms. The molecule has 0 radical (unpaired) electrons. The molecule has 22 heavy (non-hydrogen) atoms. The maximum absolute atomic E-state index is 11.7. The molecular weight excluding hydrogens is 328 g/mol. The quantitative estimate of drug-likeness (QED) is 0.793. The number of ether oxygens (including phenoxy) is 1. The van der Waals surface area contributed by atoms with Gasteiger partial charge in [-0.1, -0.05) is 0 Å². The van der Waals surface area contributed by atoms with Crippen LogP contribution in [0.15, 0.2) is 29.2 Å². The van der Waals surface area contributed by atoms with E-state index in [9.17, 15) is 13.2 Å². The third kappa shape index (κ3) is 5.82. The van der Waals surface area contributed by atoms with Crippen LogP contribution in [0.1, 0.15) is 12.8 Å². The number of carbonyl (C=O) groups excluding carboxylic acids is 1. The third-order valence-electron chi connectivity index (χ3n) is 3.28. The molecule has 1 aliphatic rings. The summed E-state index contributed by atoms with van der Waals surface area (Å²) in [6.07, 6.45) is 2.40. The predicted octanol–water partition coefficient (Wildman–Crippen LogP) is 0.759. The average Bonchev–Trinajstić information content (AvgIpc) is 2.91. The Morgan fingerprint density at radius 2 is 2.05 bits per heavy atom. The molecule has 0 aromatic heterocycles. The fourth-order valence-corrected chi connectivity index (χ4v) is 2.75. The molecule has 1 heterocycles. The summed E-state index contributed by atoms with van der Waals surface area (Å²) in [4.78, 5) is 11.9. The van der Waals surface area contributed by atoms with Crippen LogP contribution >= 0.6 is 12.4 Å². The molecule has 1 aromatic rings. The summed E-state index contributed by atoms with van der Waals surface area (Å²) in [5.41, 5.74) is 0. The van der Waals surface area contributed by atoms with Crippen LogP contribution in [0.2, 0.25) is 0 Å². The largest absolute Gasteiger partial charge is 0.493 e. The van der Waals surface area contributed by atoms with Gasteiger partial charge in [0.05, 0.1) is 17.9 Å². The lowest BCUT2D eigenvalue weighted by molar-refractivity contribution is -0.122. The summed E-state index contributed by atoms with van der Waals surface area (Å²) in [5.74, 6) is 0.522. The van der Waals surface area contributed by atoms with E-state index in [0.29, 0.717) is 5.75 Å². The van der Waals surface area contributed by atoms with Gasteiger partial charge in [-0.05, 0) is 37.2 Å². The number of nitrogens with one attached hydrogen (secondary N) is 2. The molecule has 8 heteroatoms. The van der Waals surface area contributed by atoms with E-state index in [1.54, 1.807) is 12.1 Å². The molecule has 1 unspecified atom stereocenters. The van der Waals surface area contributed by atoms with Crippen molar-refractivity contribution in [2.45, 2.75) is 23.8 Å². The van der Waals surface area contributed by atoms with Gasteiger partial charge < -0.3 is 15.4 Å². The molecule has 0 saturated carbocycles. The summed E-state index contributed by atoms with van der Waals surface area (Å²) in [7, 11) is -3.19. The Morgan fingerprint density at radius 3 is 2.59 bits per heavy atom. The Morgan fingerprint density at radius 1 is 1.36 bits per heavy atom. The second kappa shape index (κ2) is 8.36. The number of benzene rings is 1. The Labute approximate surface area is 136 Å². The first kappa shape index (κ1) is 18.7. The summed E-state index contributed by atoms with van der Waals surface area (Å²) < 4.78 is 28.1. The van der Waals surface area contributed by atoms with Crippen molar-refractivity contribution in [3.63, 3.8) is 0 Å². The van der Waals surface area contributed by atoms with E-state index in [2.05, 4.69) is 10.6 Å². The van der Waals surface area contributed by atoms with Gasteiger partial charge in [0.25, 0.3) is 0 Å². The molecule has 1 fully saturated rings. The average molecular weight is 349 g/mol. The minimum Gasteiger partial charge on any atom is -0.493 e. The van der Waals surface area contributed by atoms with Crippen LogP contribution in [-0.2, 0) is 14.6 Å². The normalized spacial score (nSPS) is 17.6. The first-order valence-corrected chi connectivity index (χ1v) is 8.77. The summed E-state index contributed by atoms with van der Waals surface area (Å²) in [6, 6.07) is 6.39. The van der Waals surface area contributed by atoms with E-state index in [0.717, 1.165) is 25.8 Å². The summed E-state index contributed by atoms with van der Waals surface area (Å²) in [5, 5.41) is 6.12. The summed E-state index contributed by atoms with van der Waals surface area (Å²) in [6.45, 7) is 2.03. The van der Waals surface area contributed by atoms with Crippen molar-refractivity contribution in [3.8, 4) is 5.75 Å². The standard InChI is InChI=1S/C14H20N2O4S.ClH/c1-21(18,19)13-4-2-12(3-5-13)20-9-7-14(17)16-11-6-8-15-10-11;/h2-5,11,15H,6-10H2,1H3,(H,16,17);1H. The molecule has 124 valence electrons. The molecule has 0 aliphatic carbocycles. The van der Waals surface area contributed by atoms with Crippen LogP contribution in [0.4, 0.5) is 0 Å². The van der Waals surface area contributed by atoms with Gasteiger partial charge in [0.1, 0.15) is 5.75 Å². The van der Waals surface area contributed by atoms with E-state index in [1.165, 1.54) is 12.1 Å². The summed E-state index contributed by atoms with van der Waals surface area (Å²) >= 11 is 0. The lowest BCUT2D eigenvalue weighted by Gasteiger charge is -2.11. The Bertz CT molecular complexity index is 583. The van der Waals surface area contributed by atoms with Gasteiger partial charge in [-0.3, -0.25) is 4.79 Å². The predicted molar refractivity (Wildman–Crippen MR) is 86.3 cm³/mol. The van der Waals surface area contributed by atoms with Gasteiger partial charge in [-0.25, -0.2) is 8.42 Å². The zero-order valence-electron chi connectivity index (χ0n) is 12.4. The van der Waals surface area contributed by atoms with Crippen LogP contribution < -0.4 is 15.4 Å². The molecule has 1 aromatic carbocycles. The molecule has 0 bridgehead atoms. The van der Waals surface area contributed by atoms with Crippen LogP contribution in [-0.4, -0.2) is 46.3 Å². The number of sulfone groups is 1. The van der Waals surface area contributed by atoms with Crippen molar-refractivity contribution >= 4 is 28.2 Å². The van der Waals surface area contributed by atoms with Crippen molar-refractivity contribution in [2.24, 2.45) is 0 Å². The van der Waals surface area contributed by atoms with Crippen LogP contribution in [0.25, 0.3) is 0 Å². The van der Waals surface area contributed by atoms with Crippen molar-refractivity contribution in [3.05, 3.63) is 24.3 Å². The van der Waals surface area contributed by atoms with Crippen molar-refractivity contribution in [2.75, 3.05) is 26.0 Å². The van der Waals surface area contributed by atoms with Gasteiger partial charge in [-0.15, -0.1) is 12.4 Å². The van der Waals surface area contributed by atoms with Gasteiger partial charge in [0, 0.05) is 18.8 Å². The molecule has 2 N–H and O–H groups in total. The second-order valence-electron chi connectivity index (χ2n) is 5.10. The topological polar surface area (TPSA) is 84.5 Å². The minimum atomic E-state index is -3.19. The van der Waals surface area contributed by atoms with E-state index in [-0.39, 0.29) is 42.3 Å². The van der Waals surface area contributed by atoms with Crippen molar-refractivity contribution in [1.82, 2.24) is 10.6 Å². The Balaban J connectivity index is 0.00000242. The first-order chi connectivity index (χ1) is 9.95. The third-order valence-corrected chi connectivity index (χ3v) is 4.40. The minimum absolute atomic E-state index is 0. The number of amides is 1. The number of rotatable bonds is 6. The number of halogens is 1. The number of hydrogen-bond acceptors (Lipinski definition) is 5. The van der Waals surface area contributed by atoms with E-state index >= 15 is 0 Å². The molecule has 6 nitrogen and oxygen atoms in total. The Kier molecular flexibility index (Phi) is 7.12. The van der Waals surface area contributed by atoms with E-state index in [4.69, 9.17) is 4.74 Å². The van der Waals surface area contributed by atoms with Gasteiger partial charge >= 0.3 is 0 Å². The molecule has 1 amide bonds. The highest BCUT2D eigenvalue weighted by atomic mass is 35.5. The van der Waals surface area contributed by atoms with Crippen LogP contribution in [0.5, 0.6) is 5.75 Å². The number of carbonyl (C=O) groups is 1. The fourth-order valence-electron chi connectivity index (χ4n) is 2.12. The van der Waals surface area contributed by atoms with Crippen molar-refractivity contribution < 1.29 is 17.9 Å². The smallest absolute Gasteiger partial charge is 0.223 e. The van der Waals surface area contributed by atoms with Crippen LogP contribution in [0.3, 0.4) is 0 Å². The highest BCUT2D eigenvalue weighted by Gasteiger charge is 2.16. The van der Waals surface area contributed by atoms with Gasteiger partial charge in [0.15, 0.2) is 9.84 Å². The van der Waals surface area contributed by atoms with Gasteiger partial charge in [0.2, 0.25) is 5.91 Å². The highest BCUT2D eigenvalue weighted by Crippen LogP contribution is 2.15. The van der Waals surface area contributed by atoms with Gasteiger partial charge in [-0.2, -0.15) is 0 Å². The Hall–Kier alpha value is -1.31. The molecule has 1 atom stereocenters. The number of hydrogen-bond donors (Lipinski definition) is 2. The van der Waals surface area contributed by atoms with Crippen LogP contribution in [0, 0.1) is 0 Å². The van der Waals surface area contributed by atoms with E-state index < -0.39 is 9.84 Å². The van der Waals surface area contributed by atoms with Crippen molar-refractivity contribution in [1.29, 1.82) is 0 Å². The zero-order valence-corrected chi connectivity index (χ0v) is 14.0. The molecule has 2 rings (SSSR count). The maximum Gasteiger partial charge on any atom is 0.223 e. The highest BCUT2D eigenvalue weighted by molar-refractivity contribution is 7.90. The monoisotopic (exact) mass is 348 g/mol. The second-order valence-corrected chi connectivity index (χ2v) is 7.12. The lowest BCUT2D eigenvalue weighted by Crippen LogP contribution is -2.36. The maximum atomic E-state index is 11.7. The fraction of sp³-hybridized carbons (Fsp3) is 0.500. The zero-order chi connectivity index (χ0) is 15.3. The lowest BCUT2D eigenvalue weighted by atomic mass is 10.2. The molecule has 1 saturated heterocycles. The molecule has 1 aliphatic heterocycles.